The van der Waals surface area contributed by atoms with Gasteiger partial charge in [-0.3, -0.25) is 14.4 Å². The Bertz CT molecular complexity index is 1060. The first-order valence-electron chi connectivity index (χ1n) is 12.8. The second-order valence-electron chi connectivity index (χ2n) is 11.1. The van der Waals surface area contributed by atoms with E-state index in [1.54, 1.807) is 0 Å². The topological polar surface area (TPSA) is 96.8 Å². The van der Waals surface area contributed by atoms with Crippen LogP contribution in [0.4, 0.5) is 10.1 Å². The van der Waals surface area contributed by atoms with Crippen molar-refractivity contribution >= 4 is 23.4 Å². The van der Waals surface area contributed by atoms with Crippen molar-refractivity contribution in [3.63, 3.8) is 0 Å². The van der Waals surface area contributed by atoms with Crippen molar-refractivity contribution in [2.24, 2.45) is 5.41 Å². The van der Waals surface area contributed by atoms with Gasteiger partial charge in [-0.05, 0) is 64.3 Å². The number of likely N-dealkylation sites (N-methyl/N-ethyl adjacent to an activating group) is 1. The second kappa shape index (κ2) is 10.2. The van der Waals surface area contributed by atoms with E-state index in [0.29, 0.717) is 13.0 Å². The van der Waals surface area contributed by atoms with Crippen molar-refractivity contribution in [3.05, 3.63) is 29.8 Å². The summed E-state index contributed by atoms with van der Waals surface area (Å²) in [6, 6.07) is 7.81. The largest absolute Gasteiger partial charge is 0.334 e. The fraction of sp³-hybridized carbons (Fsp3) is 0.630. The van der Waals surface area contributed by atoms with Crippen LogP contribution in [0.1, 0.15) is 51.5 Å². The van der Waals surface area contributed by atoms with Gasteiger partial charge in [0.05, 0.1) is 11.5 Å². The molecule has 0 saturated carbocycles. The van der Waals surface area contributed by atoms with Gasteiger partial charge in [-0.15, -0.1) is 0 Å². The molecule has 8 nitrogen and oxygen atoms in total. The third kappa shape index (κ3) is 5.39. The van der Waals surface area contributed by atoms with Crippen LogP contribution in [-0.2, 0) is 20.8 Å². The maximum atomic E-state index is 14.9. The molecule has 0 aliphatic carbocycles. The molecule has 3 aliphatic heterocycles. The molecule has 3 amide bonds. The van der Waals surface area contributed by atoms with E-state index in [0.717, 1.165) is 37.2 Å². The molecule has 1 aromatic carbocycles. The number of nitrogens with one attached hydrogen (secondary N) is 1. The number of carbonyl (C=O) groups is 3. The highest BCUT2D eigenvalue weighted by atomic mass is 19.1. The van der Waals surface area contributed by atoms with E-state index in [1.807, 2.05) is 24.3 Å². The average Bonchev–Trinajstić information content (AvgIpc) is 3.49. The zero-order valence-corrected chi connectivity index (χ0v) is 21.4. The number of alkyl halides is 1. The molecule has 1 N–H and O–H groups in total. The van der Waals surface area contributed by atoms with Gasteiger partial charge in [0.25, 0.3) is 0 Å². The molecule has 194 valence electrons. The molecule has 36 heavy (non-hydrogen) atoms. The van der Waals surface area contributed by atoms with Crippen LogP contribution in [0.3, 0.4) is 0 Å². The predicted octanol–water partition coefficient (Wildman–Crippen LogP) is 2.74. The smallest absolute Gasteiger partial charge is 0.246 e. The number of likely N-dealkylation sites (tertiary alicyclic amines) is 2. The zero-order chi connectivity index (χ0) is 26.1. The van der Waals surface area contributed by atoms with E-state index >= 15 is 0 Å². The summed E-state index contributed by atoms with van der Waals surface area (Å²) in [5.41, 5.74) is -0.936. The van der Waals surface area contributed by atoms with E-state index in [2.05, 4.69) is 16.3 Å². The molecule has 3 aliphatic rings. The summed E-state index contributed by atoms with van der Waals surface area (Å²) in [6.45, 7) is 5.35. The number of rotatable bonds is 7. The van der Waals surface area contributed by atoms with Crippen molar-refractivity contribution in [2.45, 2.75) is 70.1 Å². The number of hydrogen-bond acceptors (Lipinski definition) is 5. The first kappa shape index (κ1) is 26.1. The minimum Gasteiger partial charge on any atom is -0.334 e. The van der Waals surface area contributed by atoms with E-state index < -0.39 is 29.1 Å². The van der Waals surface area contributed by atoms with Crippen LogP contribution in [0.5, 0.6) is 0 Å². The van der Waals surface area contributed by atoms with Crippen LogP contribution in [-0.4, -0.2) is 83.4 Å². The Kier molecular flexibility index (Phi) is 7.37. The lowest BCUT2D eigenvalue weighted by Crippen LogP contribution is -2.53. The molecule has 1 aromatic rings. The van der Waals surface area contributed by atoms with E-state index in [9.17, 15) is 24.0 Å². The molecule has 3 atom stereocenters. The van der Waals surface area contributed by atoms with E-state index in [-0.39, 0.29) is 37.6 Å². The Morgan fingerprint density at radius 3 is 2.67 bits per heavy atom. The van der Waals surface area contributed by atoms with Crippen molar-refractivity contribution in [3.8, 4) is 6.07 Å². The molecule has 1 spiro atoms. The summed E-state index contributed by atoms with van der Waals surface area (Å²) < 4.78 is 14.9. The van der Waals surface area contributed by atoms with Gasteiger partial charge < -0.3 is 20.0 Å². The summed E-state index contributed by atoms with van der Waals surface area (Å²) >= 11 is 0. The molecule has 2 saturated heterocycles. The van der Waals surface area contributed by atoms with Gasteiger partial charge in [0.1, 0.15) is 17.8 Å². The number of benzene rings is 1. The SMILES string of the molecule is CN(C(=O)CCN1CCCC1)C(CC(C)(C)F)C(=O)N1C[C@]2(Cc3ccccc3NC2=O)CC1C#N. The van der Waals surface area contributed by atoms with Gasteiger partial charge in [-0.1, -0.05) is 18.2 Å². The maximum absolute atomic E-state index is 14.9. The summed E-state index contributed by atoms with van der Waals surface area (Å²) in [5, 5.41) is 12.8. The van der Waals surface area contributed by atoms with Crippen molar-refractivity contribution < 1.29 is 18.8 Å². The Balaban J connectivity index is 1.54. The van der Waals surface area contributed by atoms with Crippen LogP contribution in [0.2, 0.25) is 0 Å². The Labute approximate surface area is 212 Å². The van der Waals surface area contributed by atoms with Gasteiger partial charge in [0.2, 0.25) is 17.7 Å². The van der Waals surface area contributed by atoms with Crippen molar-refractivity contribution in [1.29, 1.82) is 5.26 Å². The maximum Gasteiger partial charge on any atom is 0.246 e. The molecule has 9 heteroatoms. The number of anilines is 1. The standard InChI is InChI=1S/C27H36FN5O3/c1-26(2,28)16-22(31(3)23(34)10-13-32-11-6-7-12-32)24(35)33-18-27(15-20(33)17-29)14-19-8-4-5-9-21(19)30-25(27)36/h4-5,8-9,20,22H,6-7,10-16,18H2,1-3H3,(H,30,36)/t20?,22?,27-/m0/s1. The average molecular weight is 498 g/mol. The Morgan fingerprint density at radius 2 is 2.00 bits per heavy atom. The minimum absolute atomic E-state index is 0.0588. The summed E-state index contributed by atoms with van der Waals surface area (Å²) in [4.78, 5) is 45.0. The normalized spacial score (nSPS) is 24.8. The number of amides is 3. The lowest BCUT2D eigenvalue weighted by molar-refractivity contribution is -0.146. The lowest BCUT2D eigenvalue weighted by Gasteiger charge is -2.36. The predicted molar refractivity (Wildman–Crippen MR) is 134 cm³/mol. The first-order valence-corrected chi connectivity index (χ1v) is 12.8. The highest BCUT2D eigenvalue weighted by molar-refractivity contribution is 6.00. The lowest BCUT2D eigenvalue weighted by atomic mass is 9.76. The molecular formula is C27H36FN5O3. The van der Waals surface area contributed by atoms with E-state index in [4.69, 9.17) is 0 Å². The van der Waals surface area contributed by atoms with Crippen LogP contribution in [0.15, 0.2) is 24.3 Å². The molecular weight excluding hydrogens is 461 g/mol. The summed E-state index contributed by atoms with van der Waals surface area (Å²) in [7, 11) is 1.54. The van der Waals surface area contributed by atoms with Crippen molar-refractivity contribution in [1.82, 2.24) is 14.7 Å². The molecule has 4 rings (SSSR count). The second-order valence-corrected chi connectivity index (χ2v) is 11.1. The monoisotopic (exact) mass is 497 g/mol. The number of nitriles is 1. The number of para-hydroxylation sites is 1. The van der Waals surface area contributed by atoms with Crippen LogP contribution < -0.4 is 5.32 Å². The third-order valence-electron chi connectivity index (χ3n) is 7.81. The van der Waals surface area contributed by atoms with Gasteiger partial charge >= 0.3 is 0 Å². The molecule has 0 bridgehead atoms. The zero-order valence-electron chi connectivity index (χ0n) is 21.4. The highest BCUT2D eigenvalue weighted by Crippen LogP contribution is 2.43. The molecule has 3 heterocycles. The fourth-order valence-electron chi connectivity index (χ4n) is 5.77. The molecule has 0 aromatic heterocycles. The third-order valence-corrected chi connectivity index (χ3v) is 7.81. The van der Waals surface area contributed by atoms with Crippen LogP contribution >= 0.6 is 0 Å². The molecule has 2 unspecified atom stereocenters. The van der Waals surface area contributed by atoms with Gasteiger partial charge in [-0.2, -0.15) is 5.26 Å². The number of carbonyl (C=O) groups excluding carboxylic acids is 3. The number of halogens is 1. The summed E-state index contributed by atoms with van der Waals surface area (Å²) in [5.74, 6) is -0.918. The molecule has 0 radical (unpaired) electrons. The highest BCUT2D eigenvalue weighted by Gasteiger charge is 2.54. The van der Waals surface area contributed by atoms with Crippen LogP contribution in [0, 0.1) is 16.7 Å². The van der Waals surface area contributed by atoms with Gasteiger partial charge in [0.15, 0.2) is 0 Å². The van der Waals surface area contributed by atoms with Gasteiger partial charge in [0, 0.05) is 38.7 Å². The fourth-order valence-corrected chi connectivity index (χ4v) is 5.77. The molecule has 2 fully saturated rings. The number of nitrogens with zero attached hydrogens (tertiary/aromatic N) is 4. The van der Waals surface area contributed by atoms with Gasteiger partial charge in [-0.25, -0.2) is 4.39 Å². The first-order chi connectivity index (χ1) is 17.0. The van der Waals surface area contributed by atoms with Crippen molar-refractivity contribution in [2.75, 3.05) is 38.5 Å². The quantitative estimate of drug-likeness (QED) is 0.625. The minimum atomic E-state index is -1.70. The Hall–Kier alpha value is -2.99. The summed E-state index contributed by atoms with van der Waals surface area (Å²) in [6.07, 6.45) is 2.91. The number of hydrogen-bond donors (Lipinski definition) is 1. The Morgan fingerprint density at radius 1 is 1.31 bits per heavy atom. The van der Waals surface area contributed by atoms with E-state index in [1.165, 1.54) is 30.7 Å². The number of fused-ring (bicyclic) bond motifs is 1. The van der Waals surface area contributed by atoms with Crippen LogP contribution in [0.25, 0.3) is 0 Å².